The van der Waals surface area contributed by atoms with Crippen LogP contribution >= 0.6 is 0 Å². The van der Waals surface area contributed by atoms with Crippen LogP contribution in [0.2, 0.25) is 0 Å². The normalized spacial score (nSPS) is 18.9. The Bertz CT molecular complexity index is 479. The maximum Gasteiger partial charge on any atom is 0.340 e. The van der Waals surface area contributed by atoms with Crippen LogP contribution in [-0.4, -0.2) is 43.4 Å². The largest absolute Gasteiger partial charge is 0.462 e. The van der Waals surface area contributed by atoms with Crippen LogP contribution in [0, 0.1) is 0 Å². The van der Waals surface area contributed by atoms with Gasteiger partial charge in [0.05, 0.1) is 43.3 Å². The highest BCUT2D eigenvalue weighted by Gasteiger charge is 2.24. The van der Waals surface area contributed by atoms with E-state index in [4.69, 9.17) is 15.2 Å². The summed E-state index contributed by atoms with van der Waals surface area (Å²) in [6, 6.07) is 1.98. The number of pyridine rings is 1. The van der Waals surface area contributed by atoms with Gasteiger partial charge in [-0.05, 0) is 19.4 Å². The second kappa shape index (κ2) is 6.56. The lowest BCUT2D eigenvalue weighted by atomic mass is 10.1. The zero-order valence-electron chi connectivity index (χ0n) is 12.0. The molecule has 2 heterocycles. The first kappa shape index (κ1) is 14.6. The Morgan fingerprint density at radius 1 is 1.60 bits per heavy atom. The van der Waals surface area contributed by atoms with Gasteiger partial charge < -0.3 is 20.1 Å². The quantitative estimate of drug-likeness (QED) is 0.841. The summed E-state index contributed by atoms with van der Waals surface area (Å²) in [5.41, 5.74) is 6.53. The van der Waals surface area contributed by atoms with Crippen LogP contribution in [0.4, 0.5) is 11.5 Å². The molecular weight excluding hydrogens is 258 g/mol. The van der Waals surface area contributed by atoms with Gasteiger partial charge in [0.1, 0.15) is 5.82 Å². The molecule has 1 unspecified atom stereocenters. The summed E-state index contributed by atoms with van der Waals surface area (Å²) in [7, 11) is 0. The number of hydrogen-bond acceptors (Lipinski definition) is 6. The highest BCUT2D eigenvalue weighted by atomic mass is 16.5. The summed E-state index contributed by atoms with van der Waals surface area (Å²) in [4.78, 5) is 18.4. The molecule has 0 amide bonds. The number of morpholine rings is 1. The fourth-order valence-electron chi connectivity index (χ4n) is 2.29. The summed E-state index contributed by atoms with van der Waals surface area (Å²) in [6.45, 7) is 6.30. The van der Waals surface area contributed by atoms with Crippen molar-refractivity contribution in [1.82, 2.24) is 4.98 Å². The number of carbonyl (C=O) groups excluding carboxylic acids is 1. The molecule has 1 aliphatic rings. The molecule has 6 nitrogen and oxygen atoms in total. The van der Waals surface area contributed by atoms with Gasteiger partial charge in [0.2, 0.25) is 0 Å². The number of ether oxygens (including phenoxy) is 2. The molecule has 1 atom stereocenters. The van der Waals surface area contributed by atoms with Crippen molar-refractivity contribution in [1.29, 1.82) is 0 Å². The Morgan fingerprint density at radius 3 is 3.10 bits per heavy atom. The van der Waals surface area contributed by atoms with E-state index in [9.17, 15) is 4.79 Å². The number of carbonyl (C=O) groups is 1. The topological polar surface area (TPSA) is 77.7 Å². The smallest absolute Gasteiger partial charge is 0.340 e. The van der Waals surface area contributed by atoms with E-state index in [2.05, 4.69) is 16.8 Å². The second-order valence-corrected chi connectivity index (χ2v) is 4.68. The van der Waals surface area contributed by atoms with Crippen LogP contribution in [0.1, 0.15) is 30.6 Å². The van der Waals surface area contributed by atoms with Crippen LogP contribution < -0.4 is 10.6 Å². The lowest BCUT2D eigenvalue weighted by molar-refractivity contribution is 0.0527. The first-order chi connectivity index (χ1) is 9.67. The van der Waals surface area contributed by atoms with Crippen LogP contribution in [0.25, 0.3) is 0 Å². The molecule has 1 saturated heterocycles. The fourth-order valence-corrected chi connectivity index (χ4v) is 2.29. The molecule has 0 radical (unpaired) electrons. The minimum absolute atomic E-state index is 0.273. The molecule has 6 heteroatoms. The Kier molecular flexibility index (Phi) is 4.79. The summed E-state index contributed by atoms with van der Waals surface area (Å²) in [5, 5.41) is 0. The van der Waals surface area contributed by atoms with Crippen LogP contribution in [0.15, 0.2) is 12.3 Å². The summed E-state index contributed by atoms with van der Waals surface area (Å²) in [6.07, 6.45) is 2.48. The molecule has 0 aliphatic carbocycles. The van der Waals surface area contributed by atoms with Crippen molar-refractivity contribution in [3.63, 3.8) is 0 Å². The van der Waals surface area contributed by atoms with E-state index in [0.29, 0.717) is 31.1 Å². The molecule has 1 aromatic heterocycles. The Hall–Kier alpha value is -1.82. The molecule has 0 spiro atoms. The van der Waals surface area contributed by atoms with E-state index in [1.807, 2.05) is 0 Å². The maximum absolute atomic E-state index is 11.9. The second-order valence-electron chi connectivity index (χ2n) is 4.68. The van der Waals surface area contributed by atoms with Crippen molar-refractivity contribution < 1.29 is 14.3 Å². The lowest BCUT2D eigenvalue weighted by Crippen LogP contribution is -2.45. The number of nitrogens with two attached hydrogens (primary N) is 1. The zero-order valence-corrected chi connectivity index (χ0v) is 12.0. The molecule has 1 aromatic rings. The van der Waals surface area contributed by atoms with Gasteiger partial charge >= 0.3 is 5.97 Å². The predicted octanol–water partition coefficient (Wildman–Crippen LogP) is 1.46. The number of anilines is 2. The number of nitrogens with zero attached hydrogens (tertiary/aromatic N) is 2. The lowest BCUT2D eigenvalue weighted by Gasteiger charge is -2.36. The third kappa shape index (κ3) is 3.01. The van der Waals surface area contributed by atoms with Crippen LogP contribution in [-0.2, 0) is 9.47 Å². The monoisotopic (exact) mass is 279 g/mol. The number of hydrogen-bond donors (Lipinski definition) is 1. The van der Waals surface area contributed by atoms with Crippen molar-refractivity contribution in [2.75, 3.05) is 37.0 Å². The number of aromatic nitrogens is 1. The molecule has 1 fully saturated rings. The van der Waals surface area contributed by atoms with Gasteiger partial charge in [-0.25, -0.2) is 9.78 Å². The molecule has 2 rings (SSSR count). The SMILES string of the molecule is CCOC(=O)c1cc(N2CCOCC2CC)ncc1N. The molecule has 20 heavy (non-hydrogen) atoms. The minimum Gasteiger partial charge on any atom is -0.462 e. The molecule has 0 bridgehead atoms. The highest BCUT2D eigenvalue weighted by molar-refractivity contribution is 5.95. The Balaban J connectivity index is 2.28. The maximum atomic E-state index is 11.9. The Labute approximate surface area is 118 Å². The van der Waals surface area contributed by atoms with Gasteiger partial charge in [0.15, 0.2) is 0 Å². The van der Waals surface area contributed by atoms with Gasteiger partial charge in [0, 0.05) is 6.54 Å². The zero-order chi connectivity index (χ0) is 14.5. The first-order valence-electron chi connectivity index (χ1n) is 6.94. The van der Waals surface area contributed by atoms with E-state index >= 15 is 0 Å². The van der Waals surface area contributed by atoms with Gasteiger partial charge in [-0.2, -0.15) is 0 Å². The fraction of sp³-hybridized carbons (Fsp3) is 0.571. The minimum atomic E-state index is -0.407. The van der Waals surface area contributed by atoms with Gasteiger partial charge in [-0.3, -0.25) is 0 Å². The van der Waals surface area contributed by atoms with Crippen LogP contribution in [0.3, 0.4) is 0 Å². The van der Waals surface area contributed by atoms with Crippen molar-refractivity contribution in [2.45, 2.75) is 26.3 Å². The van der Waals surface area contributed by atoms with Gasteiger partial charge in [-0.1, -0.05) is 6.92 Å². The Morgan fingerprint density at radius 2 is 2.40 bits per heavy atom. The van der Waals surface area contributed by atoms with Crippen LogP contribution in [0.5, 0.6) is 0 Å². The summed E-state index contributed by atoms with van der Waals surface area (Å²) >= 11 is 0. The van der Waals surface area contributed by atoms with E-state index in [1.165, 1.54) is 6.20 Å². The van der Waals surface area contributed by atoms with Crippen molar-refractivity contribution in [3.8, 4) is 0 Å². The third-order valence-corrected chi connectivity index (χ3v) is 3.41. The molecule has 2 N–H and O–H groups in total. The molecular formula is C14H21N3O3. The summed E-state index contributed by atoms with van der Waals surface area (Å²) < 4.78 is 10.5. The molecule has 0 aromatic carbocycles. The average molecular weight is 279 g/mol. The van der Waals surface area contributed by atoms with E-state index in [0.717, 1.165) is 18.8 Å². The summed E-state index contributed by atoms with van der Waals surface area (Å²) in [5.74, 6) is 0.340. The number of rotatable bonds is 4. The van der Waals surface area contributed by atoms with E-state index in [-0.39, 0.29) is 6.04 Å². The van der Waals surface area contributed by atoms with Crippen molar-refractivity contribution in [3.05, 3.63) is 17.8 Å². The van der Waals surface area contributed by atoms with E-state index < -0.39 is 5.97 Å². The average Bonchev–Trinajstić information content (AvgIpc) is 2.48. The van der Waals surface area contributed by atoms with Gasteiger partial charge in [-0.15, -0.1) is 0 Å². The van der Waals surface area contributed by atoms with E-state index in [1.54, 1.807) is 13.0 Å². The van der Waals surface area contributed by atoms with Crippen molar-refractivity contribution >= 4 is 17.5 Å². The highest BCUT2D eigenvalue weighted by Crippen LogP contribution is 2.23. The van der Waals surface area contributed by atoms with Crippen molar-refractivity contribution in [2.24, 2.45) is 0 Å². The molecule has 1 aliphatic heterocycles. The standard InChI is InChI=1S/C14H21N3O3/c1-3-10-9-19-6-5-17(10)13-7-11(12(15)8-16-13)14(18)20-4-2/h7-8,10H,3-6,9,15H2,1-2H3. The molecule has 0 saturated carbocycles. The predicted molar refractivity (Wildman–Crippen MR) is 76.8 cm³/mol. The first-order valence-corrected chi connectivity index (χ1v) is 6.94. The third-order valence-electron chi connectivity index (χ3n) is 3.41. The number of nitrogen functional groups attached to an aromatic ring is 1. The molecule has 110 valence electrons. The van der Waals surface area contributed by atoms with Gasteiger partial charge in [0.25, 0.3) is 0 Å². The number of esters is 1.